The Balaban J connectivity index is 1.51. The molecule has 0 unspecified atom stereocenters. The normalized spacial score (nSPS) is 11.1. The first-order valence-electron chi connectivity index (χ1n) is 8.67. The molecule has 1 amide bonds. The van der Waals surface area contributed by atoms with Crippen molar-refractivity contribution in [2.75, 3.05) is 30.0 Å². The van der Waals surface area contributed by atoms with Gasteiger partial charge in [-0.3, -0.25) is 4.79 Å². The molecule has 7 nitrogen and oxygen atoms in total. The number of nitrogens with zero attached hydrogens (tertiary/aromatic N) is 2. The number of nitrogens with one attached hydrogen (secondary N) is 2. The largest absolute Gasteiger partial charge is 0.495 e. The summed E-state index contributed by atoms with van der Waals surface area (Å²) in [7, 11) is 1.58. The number of para-hydroxylation sites is 1. The molecule has 0 radical (unpaired) electrons. The average molecular weight is 415 g/mol. The van der Waals surface area contributed by atoms with Gasteiger partial charge >= 0.3 is 0 Å². The Labute approximate surface area is 169 Å². The molecule has 0 spiro atoms. The van der Waals surface area contributed by atoms with Gasteiger partial charge < -0.3 is 19.8 Å². The minimum absolute atomic E-state index is 0.154. The van der Waals surface area contributed by atoms with Crippen molar-refractivity contribution in [3.05, 3.63) is 36.4 Å². The molecule has 0 aliphatic heterocycles. The molecule has 0 saturated carbocycles. The fourth-order valence-electron chi connectivity index (χ4n) is 2.82. The minimum Gasteiger partial charge on any atom is -0.495 e. The number of fused-ring (bicyclic) bond motifs is 3. The standard InChI is InChI=1S/C19H18N4O3S2/c1-3-20-18-22-23-19(28-18)27-10-17(24)21-13-9-15-12(8-16(13)25-2)11-6-4-5-7-14(11)26-15/h4-9H,3,10H2,1-2H3,(H,20,22)(H,21,24). The topological polar surface area (TPSA) is 89.3 Å². The molecule has 4 rings (SSSR count). The summed E-state index contributed by atoms with van der Waals surface area (Å²) in [4.78, 5) is 12.4. The average Bonchev–Trinajstić information content (AvgIpc) is 3.29. The van der Waals surface area contributed by atoms with Gasteiger partial charge in [0, 0.05) is 23.4 Å². The zero-order chi connectivity index (χ0) is 19.5. The Kier molecular flexibility index (Phi) is 5.36. The summed E-state index contributed by atoms with van der Waals surface area (Å²) in [5.41, 5.74) is 2.07. The Morgan fingerprint density at radius 3 is 2.89 bits per heavy atom. The zero-order valence-corrected chi connectivity index (χ0v) is 16.9. The first-order chi connectivity index (χ1) is 13.7. The third-order valence-electron chi connectivity index (χ3n) is 4.03. The first-order valence-corrected chi connectivity index (χ1v) is 10.5. The summed E-state index contributed by atoms with van der Waals surface area (Å²) >= 11 is 2.77. The Bertz CT molecular complexity index is 1140. The second-order valence-corrected chi connectivity index (χ2v) is 8.09. The molecule has 144 valence electrons. The number of hydrogen-bond acceptors (Lipinski definition) is 8. The van der Waals surface area contributed by atoms with E-state index in [1.165, 1.54) is 23.1 Å². The van der Waals surface area contributed by atoms with Crippen LogP contribution in [-0.4, -0.2) is 35.5 Å². The predicted octanol–water partition coefficient (Wildman–Crippen LogP) is 4.61. The van der Waals surface area contributed by atoms with Gasteiger partial charge in [0.25, 0.3) is 0 Å². The van der Waals surface area contributed by atoms with Crippen LogP contribution in [0.15, 0.2) is 45.2 Å². The molecule has 2 heterocycles. The van der Waals surface area contributed by atoms with E-state index in [9.17, 15) is 4.79 Å². The maximum atomic E-state index is 12.4. The van der Waals surface area contributed by atoms with Gasteiger partial charge in [0.2, 0.25) is 11.0 Å². The van der Waals surface area contributed by atoms with E-state index in [0.717, 1.165) is 32.4 Å². The number of aromatic nitrogens is 2. The van der Waals surface area contributed by atoms with Crippen molar-refractivity contribution in [3.8, 4) is 5.75 Å². The fraction of sp³-hybridized carbons (Fsp3) is 0.211. The number of hydrogen-bond donors (Lipinski definition) is 2. The Hall–Kier alpha value is -2.78. The smallest absolute Gasteiger partial charge is 0.234 e. The summed E-state index contributed by atoms with van der Waals surface area (Å²) in [6, 6.07) is 11.5. The van der Waals surface area contributed by atoms with Crippen molar-refractivity contribution in [1.29, 1.82) is 0 Å². The van der Waals surface area contributed by atoms with Gasteiger partial charge in [-0.1, -0.05) is 41.3 Å². The second-order valence-electron chi connectivity index (χ2n) is 5.89. The maximum absolute atomic E-state index is 12.4. The number of methoxy groups -OCH3 is 1. The van der Waals surface area contributed by atoms with Crippen molar-refractivity contribution in [2.45, 2.75) is 11.3 Å². The van der Waals surface area contributed by atoms with Crippen molar-refractivity contribution in [1.82, 2.24) is 10.2 Å². The highest BCUT2D eigenvalue weighted by atomic mass is 32.2. The molecule has 0 atom stereocenters. The molecular weight excluding hydrogens is 396 g/mol. The maximum Gasteiger partial charge on any atom is 0.234 e. The summed E-state index contributed by atoms with van der Waals surface area (Å²) < 4.78 is 12.1. The van der Waals surface area contributed by atoms with Crippen molar-refractivity contribution in [3.63, 3.8) is 0 Å². The molecule has 4 aromatic rings. The lowest BCUT2D eigenvalue weighted by Gasteiger charge is -2.10. The van der Waals surface area contributed by atoms with E-state index in [2.05, 4.69) is 20.8 Å². The van der Waals surface area contributed by atoms with E-state index in [1.54, 1.807) is 13.2 Å². The van der Waals surface area contributed by atoms with Gasteiger partial charge in [0.05, 0.1) is 18.6 Å². The van der Waals surface area contributed by atoms with E-state index >= 15 is 0 Å². The van der Waals surface area contributed by atoms with Crippen LogP contribution >= 0.6 is 23.1 Å². The van der Waals surface area contributed by atoms with E-state index < -0.39 is 0 Å². The first kappa shape index (κ1) is 18.6. The van der Waals surface area contributed by atoms with Crippen LogP contribution in [0.5, 0.6) is 5.75 Å². The van der Waals surface area contributed by atoms with E-state index in [4.69, 9.17) is 9.15 Å². The molecule has 9 heteroatoms. The van der Waals surface area contributed by atoms with E-state index in [1.807, 2.05) is 37.3 Å². The van der Waals surface area contributed by atoms with E-state index in [-0.39, 0.29) is 11.7 Å². The summed E-state index contributed by atoms with van der Waals surface area (Å²) in [5, 5.41) is 16.8. The molecule has 2 N–H and O–H groups in total. The zero-order valence-electron chi connectivity index (χ0n) is 15.3. The molecule has 0 bridgehead atoms. The molecule has 2 aromatic carbocycles. The quantitative estimate of drug-likeness (QED) is 0.427. The SMILES string of the molecule is CCNc1nnc(SCC(=O)Nc2cc3oc4ccccc4c3cc2OC)s1. The van der Waals surface area contributed by atoms with Crippen LogP contribution in [0.1, 0.15) is 6.92 Å². The molecule has 0 saturated heterocycles. The third kappa shape index (κ3) is 3.76. The number of anilines is 2. The molecule has 0 fully saturated rings. The Morgan fingerprint density at radius 2 is 2.07 bits per heavy atom. The third-order valence-corrected chi connectivity index (χ3v) is 6.05. The molecule has 28 heavy (non-hydrogen) atoms. The van der Waals surface area contributed by atoms with Gasteiger partial charge in [-0.05, 0) is 19.1 Å². The lowest BCUT2D eigenvalue weighted by Crippen LogP contribution is -2.14. The lowest BCUT2D eigenvalue weighted by molar-refractivity contribution is -0.113. The number of carbonyl (C=O) groups is 1. The van der Waals surface area contributed by atoms with Crippen molar-refractivity contribution < 1.29 is 13.9 Å². The summed E-state index contributed by atoms with van der Waals surface area (Å²) in [6.45, 7) is 2.78. The Morgan fingerprint density at radius 1 is 1.21 bits per heavy atom. The summed E-state index contributed by atoms with van der Waals surface area (Å²) in [5.74, 6) is 0.656. The number of amides is 1. The van der Waals surface area contributed by atoms with E-state index in [0.29, 0.717) is 17.0 Å². The number of furan rings is 1. The molecular formula is C19H18N4O3S2. The fourth-order valence-corrected chi connectivity index (χ4v) is 4.44. The van der Waals surface area contributed by atoms with Crippen LogP contribution < -0.4 is 15.4 Å². The second kappa shape index (κ2) is 8.07. The predicted molar refractivity (Wildman–Crippen MR) is 114 cm³/mol. The highest BCUT2D eigenvalue weighted by Crippen LogP contribution is 2.36. The number of benzene rings is 2. The molecule has 0 aliphatic carbocycles. The number of carbonyl (C=O) groups excluding carboxylic acids is 1. The number of thioether (sulfide) groups is 1. The van der Waals surface area contributed by atoms with Gasteiger partial charge in [-0.25, -0.2) is 0 Å². The molecule has 2 aromatic heterocycles. The van der Waals surface area contributed by atoms with Crippen LogP contribution in [0.4, 0.5) is 10.8 Å². The van der Waals surface area contributed by atoms with Crippen LogP contribution in [0, 0.1) is 0 Å². The highest BCUT2D eigenvalue weighted by Gasteiger charge is 2.15. The molecule has 0 aliphatic rings. The van der Waals surface area contributed by atoms with Crippen molar-refractivity contribution in [2.24, 2.45) is 0 Å². The lowest BCUT2D eigenvalue weighted by atomic mass is 10.1. The summed E-state index contributed by atoms with van der Waals surface area (Å²) in [6.07, 6.45) is 0. The van der Waals surface area contributed by atoms with Gasteiger partial charge in [0.15, 0.2) is 4.34 Å². The number of ether oxygens (including phenoxy) is 1. The van der Waals surface area contributed by atoms with Gasteiger partial charge in [-0.2, -0.15) is 0 Å². The van der Waals surface area contributed by atoms with Crippen LogP contribution in [0.3, 0.4) is 0 Å². The van der Waals surface area contributed by atoms with Gasteiger partial charge in [0.1, 0.15) is 16.9 Å². The van der Waals surface area contributed by atoms with Crippen LogP contribution in [0.2, 0.25) is 0 Å². The van der Waals surface area contributed by atoms with Crippen LogP contribution in [-0.2, 0) is 4.79 Å². The monoisotopic (exact) mass is 414 g/mol. The minimum atomic E-state index is -0.154. The number of rotatable bonds is 7. The van der Waals surface area contributed by atoms with Crippen LogP contribution in [0.25, 0.3) is 21.9 Å². The van der Waals surface area contributed by atoms with Gasteiger partial charge in [-0.15, -0.1) is 10.2 Å². The highest BCUT2D eigenvalue weighted by molar-refractivity contribution is 8.01. The van der Waals surface area contributed by atoms with Crippen molar-refractivity contribution >= 4 is 61.8 Å².